The van der Waals surface area contributed by atoms with E-state index >= 15 is 0 Å². The lowest BCUT2D eigenvalue weighted by atomic mass is 9.88. The molecule has 2 aromatic heterocycles. The number of thiophene rings is 2. The molecule has 1 N–H and O–H groups in total. The van der Waals surface area contributed by atoms with Crippen LogP contribution >= 0.6 is 34.4 Å². The highest BCUT2D eigenvalue weighted by Gasteiger charge is 2.55. The van der Waals surface area contributed by atoms with E-state index in [1.54, 1.807) is 34.6 Å². The molecular weight excluding hydrogens is 450 g/mol. The Morgan fingerprint density at radius 1 is 1.13 bits per heavy atom. The van der Waals surface area contributed by atoms with Gasteiger partial charge in [-0.15, -0.1) is 34.4 Å². The minimum Gasteiger partial charge on any atom is -0.351 e. The Balaban J connectivity index is 1.23. The minimum atomic E-state index is -0.574. The number of rotatable bonds is 3. The topological polar surface area (TPSA) is 69.7 Å². The lowest BCUT2D eigenvalue weighted by Gasteiger charge is -2.50. The predicted molar refractivity (Wildman–Crippen MR) is 127 cm³/mol. The molecule has 0 radical (unpaired) electrons. The van der Waals surface area contributed by atoms with Crippen molar-refractivity contribution in [2.24, 2.45) is 5.92 Å². The fourth-order valence-electron chi connectivity index (χ4n) is 4.93. The fraction of sp³-hybridized carbons (Fsp3) is 0.591. The van der Waals surface area contributed by atoms with E-state index in [1.807, 2.05) is 22.7 Å². The first kappa shape index (κ1) is 21.3. The van der Waals surface area contributed by atoms with Crippen LogP contribution in [0.1, 0.15) is 40.2 Å². The number of nitrogens with one attached hydrogen (secondary N) is 1. The number of carbonyl (C=O) groups excluding carboxylic acids is 3. The molecule has 166 valence electrons. The van der Waals surface area contributed by atoms with Crippen LogP contribution in [0, 0.1) is 12.8 Å². The van der Waals surface area contributed by atoms with Crippen molar-refractivity contribution < 1.29 is 14.4 Å². The highest BCUT2D eigenvalue weighted by Crippen LogP contribution is 2.46. The van der Waals surface area contributed by atoms with Gasteiger partial charge in [-0.25, -0.2) is 0 Å². The molecule has 3 fully saturated rings. The summed E-state index contributed by atoms with van der Waals surface area (Å²) in [5.74, 6) is 0.294. The van der Waals surface area contributed by atoms with E-state index in [0.717, 1.165) is 36.4 Å². The molecular formula is C22H27N3O3S3. The van der Waals surface area contributed by atoms with E-state index in [4.69, 9.17) is 0 Å². The molecule has 2 unspecified atom stereocenters. The van der Waals surface area contributed by atoms with Gasteiger partial charge in [0.2, 0.25) is 11.8 Å². The summed E-state index contributed by atoms with van der Waals surface area (Å²) in [6, 6.07) is 4.18. The predicted octanol–water partition coefficient (Wildman–Crippen LogP) is 3.35. The van der Waals surface area contributed by atoms with Crippen molar-refractivity contribution in [1.29, 1.82) is 0 Å². The molecule has 0 bridgehead atoms. The van der Waals surface area contributed by atoms with E-state index in [0.29, 0.717) is 19.5 Å². The Morgan fingerprint density at radius 2 is 1.90 bits per heavy atom. The summed E-state index contributed by atoms with van der Waals surface area (Å²) in [5, 5.41) is 3.20. The largest absolute Gasteiger partial charge is 0.351 e. The first-order valence-corrected chi connectivity index (χ1v) is 13.5. The SMILES string of the molecule is Cc1cc2sc(C(=O)N3CC4(C3)SCCC4NC(=O)C3CCCCN(C)C3=O)cc2s1. The van der Waals surface area contributed by atoms with Crippen LogP contribution in [0.25, 0.3) is 9.40 Å². The van der Waals surface area contributed by atoms with Crippen LogP contribution in [0.2, 0.25) is 0 Å². The van der Waals surface area contributed by atoms with Crippen LogP contribution in [0.15, 0.2) is 12.1 Å². The third kappa shape index (κ3) is 3.78. The van der Waals surface area contributed by atoms with Crippen molar-refractivity contribution in [3.05, 3.63) is 21.9 Å². The smallest absolute Gasteiger partial charge is 0.264 e. The molecule has 31 heavy (non-hydrogen) atoms. The monoisotopic (exact) mass is 477 g/mol. The van der Waals surface area contributed by atoms with Gasteiger partial charge in [-0.05, 0) is 44.1 Å². The Labute approximate surface area is 194 Å². The number of hydrogen-bond acceptors (Lipinski definition) is 6. The van der Waals surface area contributed by atoms with Crippen molar-refractivity contribution in [1.82, 2.24) is 15.1 Å². The lowest BCUT2D eigenvalue weighted by molar-refractivity contribution is -0.141. The van der Waals surface area contributed by atoms with Crippen molar-refractivity contribution in [2.45, 2.75) is 43.4 Å². The van der Waals surface area contributed by atoms with Crippen molar-refractivity contribution >= 4 is 61.6 Å². The first-order chi connectivity index (χ1) is 14.9. The summed E-state index contributed by atoms with van der Waals surface area (Å²) in [5.41, 5.74) is 0. The molecule has 0 aliphatic carbocycles. The number of nitrogens with zero attached hydrogens (tertiary/aromatic N) is 2. The maximum atomic E-state index is 13.0. The number of fused-ring (bicyclic) bond motifs is 1. The van der Waals surface area contributed by atoms with Crippen LogP contribution < -0.4 is 5.32 Å². The van der Waals surface area contributed by atoms with E-state index in [-0.39, 0.29) is 28.5 Å². The number of amides is 3. The number of hydrogen-bond donors (Lipinski definition) is 1. The van der Waals surface area contributed by atoms with Gasteiger partial charge >= 0.3 is 0 Å². The quantitative estimate of drug-likeness (QED) is 0.689. The van der Waals surface area contributed by atoms with Crippen molar-refractivity contribution in [2.75, 3.05) is 32.4 Å². The van der Waals surface area contributed by atoms with Gasteiger partial charge in [-0.3, -0.25) is 14.4 Å². The van der Waals surface area contributed by atoms with E-state index in [1.165, 1.54) is 14.3 Å². The Morgan fingerprint density at radius 3 is 2.68 bits per heavy atom. The van der Waals surface area contributed by atoms with Crippen LogP contribution in [0.3, 0.4) is 0 Å². The normalized spacial score (nSPS) is 25.7. The summed E-state index contributed by atoms with van der Waals surface area (Å²) >= 11 is 5.15. The molecule has 3 aliphatic heterocycles. The molecule has 1 spiro atoms. The van der Waals surface area contributed by atoms with E-state index in [9.17, 15) is 14.4 Å². The highest BCUT2D eigenvalue weighted by molar-refractivity contribution is 8.01. The third-order valence-corrected chi connectivity index (χ3v) is 10.5. The second-order valence-electron chi connectivity index (χ2n) is 8.93. The molecule has 6 nitrogen and oxygen atoms in total. The molecule has 0 saturated carbocycles. The molecule has 5 rings (SSSR count). The minimum absolute atomic E-state index is 0.0184. The second kappa shape index (κ2) is 8.08. The summed E-state index contributed by atoms with van der Waals surface area (Å²) in [6.07, 6.45) is 3.37. The summed E-state index contributed by atoms with van der Waals surface area (Å²) in [4.78, 5) is 44.2. The highest BCUT2D eigenvalue weighted by atomic mass is 32.2. The van der Waals surface area contributed by atoms with Crippen LogP contribution in [0.4, 0.5) is 0 Å². The zero-order chi connectivity index (χ0) is 21.8. The second-order valence-corrected chi connectivity index (χ2v) is 12.8. The fourth-order valence-corrected chi connectivity index (χ4v) is 8.85. The molecule has 3 amide bonds. The van der Waals surface area contributed by atoms with E-state index in [2.05, 4.69) is 18.3 Å². The molecule has 3 saturated heterocycles. The van der Waals surface area contributed by atoms with Gasteiger partial charge in [0, 0.05) is 47.0 Å². The maximum Gasteiger partial charge on any atom is 0.264 e. The molecule has 9 heteroatoms. The molecule has 0 aromatic carbocycles. The number of likely N-dealkylation sites (tertiary alicyclic amines) is 2. The summed E-state index contributed by atoms with van der Waals surface area (Å²) in [6.45, 7) is 4.13. The molecule has 2 atom stereocenters. The van der Waals surface area contributed by atoms with E-state index < -0.39 is 5.92 Å². The van der Waals surface area contributed by atoms with Gasteiger partial charge in [0.25, 0.3) is 5.91 Å². The number of carbonyl (C=O) groups is 3. The van der Waals surface area contributed by atoms with Gasteiger partial charge in [0.1, 0.15) is 5.92 Å². The van der Waals surface area contributed by atoms with Crippen molar-refractivity contribution in [3.63, 3.8) is 0 Å². The maximum absolute atomic E-state index is 13.0. The standard InChI is InChI=1S/C22H27N3O3S3/c1-13-9-15-16(30-13)10-17(31-15)21(28)25-11-22(12-25)18(6-8-29-22)23-19(26)14-5-3-4-7-24(2)20(14)27/h9-10,14,18H,3-8,11-12H2,1-2H3,(H,23,26). The van der Waals surface area contributed by atoms with Gasteiger partial charge in [0.15, 0.2) is 0 Å². The first-order valence-electron chi connectivity index (χ1n) is 10.8. The van der Waals surface area contributed by atoms with Gasteiger partial charge in [0.05, 0.1) is 9.62 Å². The number of aryl methyl sites for hydroxylation is 1. The van der Waals surface area contributed by atoms with Crippen LogP contribution in [-0.2, 0) is 9.59 Å². The van der Waals surface area contributed by atoms with Gasteiger partial charge < -0.3 is 15.1 Å². The zero-order valence-corrected chi connectivity index (χ0v) is 20.3. The number of thioether (sulfide) groups is 1. The average Bonchev–Trinajstić information content (AvgIpc) is 3.35. The summed E-state index contributed by atoms with van der Waals surface area (Å²) in [7, 11) is 1.78. The van der Waals surface area contributed by atoms with Gasteiger partial charge in [-0.2, -0.15) is 0 Å². The Kier molecular flexibility index (Phi) is 5.55. The Hall–Kier alpha value is -1.58. The lowest BCUT2D eigenvalue weighted by Crippen LogP contribution is -2.68. The third-order valence-electron chi connectivity index (χ3n) is 6.72. The van der Waals surface area contributed by atoms with Crippen LogP contribution in [-0.4, -0.2) is 70.7 Å². The molecule has 5 heterocycles. The molecule has 3 aliphatic rings. The zero-order valence-electron chi connectivity index (χ0n) is 17.8. The van der Waals surface area contributed by atoms with Crippen molar-refractivity contribution in [3.8, 4) is 0 Å². The Bertz CT molecular complexity index is 1010. The van der Waals surface area contributed by atoms with Gasteiger partial charge in [-0.1, -0.05) is 6.42 Å². The summed E-state index contributed by atoms with van der Waals surface area (Å²) < 4.78 is 2.25. The average molecular weight is 478 g/mol. The molecule has 2 aromatic rings. The van der Waals surface area contributed by atoms with Crippen LogP contribution in [0.5, 0.6) is 0 Å².